The number of carboxylic acids is 1. The molecular formula is C15H22N2O5S. The van der Waals surface area contributed by atoms with Gasteiger partial charge in [0, 0.05) is 26.3 Å². The van der Waals surface area contributed by atoms with Gasteiger partial charge in [-0.15, -0.1) is 0 Å². The summed E-state index contributed by atoms with van der Waals surface area (Å²) in [5.41, 5.74) is -0.0106. The molecule has 0 aliphatic carbocycles. The minimum Gasteiger partial charge on any atom is -0.480 e. The molecule has 0 bridgehead atoms. The van der Waals surface area contributed by atoms with Crippen molar-refractivity contribution in [1.29, 1.82) is 0 Å². The van der Waals surface area contributed by atoms with Gasteiger partial charge in [-0.1, -0.05) is 6.07 Å². The lowest BCUT2D eigenvalue weighted by molar-refractivity contribution is -0.154. The van der Waals surface area contributed by atoms with Gasteiger partial charge in [0.05, 0.1) is 17.1 Å². The fourth-order valence-corrected chi connectivity index (χ4v) is 4.18. The Morgan fingerprint density at radius 3 is 2.61 bits per heavy atom. The van der Waals surface area contributed by atoms with Gasteiger partial charge in [-0.25, -0.2) is 8.42 Å². The van der Waals surface area contributed by atoms with E-state index in [0.717, 1.165) is 9.99 Å². The first kappa shape index (κ1) is 17.7. The van der Waals surface area contributed by atoms with Crippen LogP contribution in [0.5, 0.6) is 0 Å². The molecule has 1 saturated heterocycles. The summed E-state index contributed by atoms with van der Waals surface area (Å²) < 4.78 is 32.4. The first-order chi connectivity index (χ1) is 10.5. The molecule has 2 rings (SSSR count). The number of morpholine rings is 1. The van der Waals surface area contributed by atoms with Crippen LogP contribution in [0.4, 0.5) is 5.69 Å². The number of carbonyl (C=O) groups is 1. The number of anilines is 1. The highest BCUT2D eigenvalue weighted by Gasteiger charge is 2.44. The van der Waals surface area contributed by atoms with E-state index in [1.54, 1.807) is 30.9 Å². The lowest BCUT2D eigenvalue weighted by Gasteiger charge is -2.40. The number of hydrogen-bond acceptors (Lipinski definition) is 5. The fourth-order valence-electron chi connectivity index (χ4n) is 2.42. The molecule has 1 heterocycles. The van der Waals surface area contributed by atoms with E-state index in [1.807, 2.05) is 14.1 Å². The van der Waals surface area contributed by atoms with Gasteiger partial charge >= 0.3 is 5.97 Å². The largest absolute Gasteiger partial charge is 0.480 e. The lowest BCUT2D eigenvalue weighted by atomic mass is 10.1. The molecule has 0 spiro atoms. The third-order valence-electron chi connectivity index (χ3n) is 3.74. The van der Waals surface area contributed by atoms with Crippen molar-refractivity contribution in [3.8, 4) is 0 Å². The van der Waals surface area contributed by atoms with Crippen LogP contribution in [0.15, 0.2) is 29.2 Å². The van der Waals surface area contributed by atoms with Gasteiger partial charge in [0.25, 0.3) is 0 Å². The molecule has 1 aliphatic rings. The van der Waals surface area contributed by atoms with Crippen LogP contribution in [0.2, 0.25) is 0 Å². The van der Waals surface area contributed by atoms with Gasteiger partial charge < -0.3 is 14.7 Å². The molecule has 0 aromatic heterocycles. The van der Waals surface area contributed by atoms with Gasteiger partial charge in [-0.05, 0) is 32.0 Å². The molecule has 0 saturated carbocycles. The predicted octanol–water partition coefficient (Wildman–Crippen LogP) is 1.01. The number of hydrogen-bond donors (Lipinski definition) is 1. The molecule has 8 heteroatoms. The Labute approximate surface area is 136 Å². The predicted molar refractivity (Wildman–Crippen MR) is 86.1 cm³/mol. The highest BCUT2D eigenvalue weighted by atomic mass is 32.2. The highest BCUT2D eigenvalue weighted by Crippen LogP contribution is 2.28. The molecule has 7 nitrogen and oxygen atoms in total. The first-order valence-electron chi connectivity index (χ1n) is 7.20. The Morgan fingerprint density at radius 2 is 2.04 bits per heavy atom. The maximum Gasteiger partial charge on any atom is 0.324 e. The van der Waals surface area contributed by atoms with E-state index in [9.17, 15) is 18.3 Å². The first-order valence-corrected chi connectivity index (χ1v) is 8.64. The molecule has 1 unspecified atom stereocenters. The average molecular weight is 342 g/mol. The van der Waals surface area contributed by atoms with Gasteiger partial charge in [0.1, 0.15) is 6.04 Å². The zero-order valence-corrected chi connectivity index (χ0v) is 14.5. The lowest BCUT2D eigenvalue weighted by Crippen LogP contribution is -2.58. The van der Waals surface area contributed by atoms with E-state index in [2.05, 4.69) is 0 Å². The number of benzene rings is 1. The molecule has 1 fully saturated rings. The highest BCUT2D eigenvalue weighted by molar-refractivity contribution is 7.89. The maximum atomic E-state index is 13.0. The van der Waals surface area contributed by atoms with Crippen molar-refractivity contribution in [2.24, 2.45) is 0 Å². The molecule has 1 aliphatic heterocycles. The maximum absolute atomic E-state index is 13.0. The number of aliphatic carboxylic acids is 1. The topological polar surface area (TPSA) is 87.2 Å². The molecule has 0 amide bonds. The molecule has 0 radical (unpaired) electrons. The minimum atomic E-state index is -3.94. The molecule has 1 N–H and O–H groups in total. The number of sulfonamides is 1. The standard InChI is InChI=1S/C15H22N2O5S/c1-15(2)10-17(13(9-22-15)14(18)19)23(20,21)12-7-5-6-11(8-12)16(3)4/h5-8,13H,9-10H2,1-4H3,(H,18,19). The summed E-state index contributed by atoms with van der Waals surface area (Å²) >= 11 is 0. The molecule has 1 aromatic carbocycles. The van der Waals surface area contributed by atoms with Gasteiger partial charge in [0.15, 0.2) is 0 Å². The Morgan fingerprint density at radius 1 is 1.39 bits per heavy atom. The van der Waals surface area contributed by atoms with Crippen molar-refractivity contribution in [3.05, 3.63) is 24.3 Å². The fraction of sp³-hybridized carbons (Fsp3) is 0.533. The molecule has 128 valence electrons. The Hall–Kier alpha value is -1.64. The van der Waals surface area contributed by atoms with E-state index >= 15 is 0 Å². The minimum absolute atomic E-state index is 0.0154. The van der Waals surface area contributed by atoms with Crippen LogP contribution in [0.25, 0.3) is 0 Å². The third kappa shape index (κ3) is 3.65. The van der Waals surface area contributed by atoms with Crippen molar-refractivity contribution in [2.45, 2.75) is 30.4 Å². The Balaban J connectivity index is 2.46. The van der Waals surface area contributed by atoms with Gasteiger partial charge in [-0.3, -0.25) is 4.79 Å². The number of rotatable bonds is 4. The zero-order chi connectivity index (χ0) is 17.4. The van der Waals surface area contributed by atoms with Crippen molar-refractivity contribution in [3.63, 3.8) is 0 Å². The summed E-state index contributed by atoms with van der Waals surface area (Å²) in [5, 5.41) is 9.34. The molecular weight excluding hydrogens is 320 g/mol. The van der Waals surface area contributed by atoms with E-state index in [0.29, 0.717) is 0 Å². The summed E-state index contributed by atoms with van der Waals surface area (Å²) in [6, 6.07) is 5.22. The van der Waals surface area contributed by atoms with E-state index in [-0.39, 0.29) is 18.0 Å². The number of carboxylic acid groups (broad SMARTS) is 1. The van der Waals surface area contributed by atoms with E-state index < -0.39 is 27.6 Å². The average Bonchev–Trinajstić information content (AvgIpc) is 2.46. The normalized spacial score (nSPS) is 21.8. The van der Waals surface area contributed by atoms with Crippen LogP contribution >= 0.6 is 0 Å². The van der Waals surface area contributed by atoms with E-state index in [1.165, 1.54) is 12.1 Å². The number of ether oxygens (including phenoxy) is 1. The summed E-state index contributed by atoms with van der Waals surface area (Å²) in [6.45, 7) is 3.29. The van der Waals surface area contributed by atoms with Gasteiger partial charge in [0.2, 0.25) is 10.0 Å². The quantitative estimate of drug-likeness (QED) is 0.878. The van der Waals surface area contributed by atoms with Crippen LogP contribution in [0.1, 0.15) is 13.8 Å². The van der Waals surface area contributed by atoms with Crippen molar-refractivity contribution >= 4 is 21.7 Å². The Kier molecular flexibility index (Phi) is 4.70. The zero-order valence-electron chi connectivity index (χ0n) is 13.7. The molecule has 23 heavy (non-hydrogen) atoms. The Bertz CT molecular complexity index is 700. The molecule has 1 atom stereocenters. The molecule has 1 aromatic rings. The van der Waals surface area contributed by atoms with Crippen LogP contribution < -0.4 is 4.90 Å². The second-order valence-corrected chi connectivity index (χ2v) is 8.26. The van der Waals surface area contributed by atoms with Crippen molar-refractivity contribution < 1.29 is 23.1 Å². The van der Waals surface area contributed by atoms with Crippen molar-refractivity contribution in [1.82, 2.24) is 4.31 Å². The smallest absolute Gasteiger partial charge is 0.324 e. The summed E-state index contributed by atoms with van der Waals surface area (Å²) in [7, 11) is -0.319. The third-order valence-corrected chi connectivity index (χ3v) is 5.59. The van der Waals surface area contributed by atoms with Crippen LogP contribution in [-0.4, -0.2) is 62.7 Å². The van der Waals surface area contributed by atoms with Crippen LogP contribution in [0.3, 0.4) is 0 Å². The van der Waals surface area contributed by atoms with Crippen LogP contribution in [-0.2, 0) is 19.6 Å². The second-order valence-electron chi connectivity index (χ2n) is 6.37. The summed E-state index contributed by atoms with van der Waals surface area (Å²) in [4.78, 5) is 13.3. The van der Waals surface area contributed by atoms with Gasteiger partial charge in [-0.2, -0.15) is 4.31 Å². The van der Waals surface area contributed by atoms with E-state index in [4.69, 9.17) is 4.74 Å². The summed E-state index contributed by atoms with van der Waals surface area (Å²) in [6.07, 6.45) is 0. The summed E-state index contributed by atoms with van der Waals surface area (Å²) in [5.74, 6) is -1.21. The van der Waals surface area contributed by atoms with Crippen LogP contribution in [0, 0.1) is 0 Å². The SMILES string of the molecule is CN(C)c1cccc(S(=O)(=O)N2CC(C)(C)OCC2C(=O)O)c1. The number of nitrogens with zero attached hydrogens (tertiary/aromatic N) is 2. The second kappa shape index (κ2) is 6.10. The monoisotopic (exact) mass is 342 g/mol. The van der Waals surface area contributed by atoms with Crippen molar-refractivity contribution in [2.75, 3.05) is 32.1 Å².